The van der Waals surface area contributed by atoms with Crippen LogP contribution in [0.1, 0.15) is 194 Å². The third-order valence-corrected chi connectivity index (χ3v) is 9.49. The molecule has 240 valence electrons. The summed E-state index contributed by atoms with van der Waals surface area (Å²) in [5.41, 5.74) is 0. The van der Waals surface area contributed by atoms with E-state index in [1.54, 1.807) is 11.8 Å². The van der Waals surface area contributed by atoms with E-state index in [9.17, 15) is 9.90 Å². The van der Waals surface area contributed by atoms with Gasteiger partial charge in [-0.3, -0.25) is 4.79 Å². The van der Waals surface area contributed by atoms with Crippen LogP contribution in [0, 0.1) is 5.92 Å². The second-order valence-corrected chi connectivity index (χ2v) is 13.5. The SMILES string of the molecule is CCCCCCCCCCCCCCCCOCC(CSCCCCCCCCCCCCCCCC)C(=O)O. The zero-order chi connectivity index (χ0) is 29.2. The fraction of sp³-hybridized carbons (Fsp3) is 0.972. The number of hydrogen-bond acceptors (Lipinski definition) is 3. The van der Waals surface area contributed by atoms with Gasteiger partial charge in [-0.2, -0.15) is 11.8 Å². The maximum atomic E-state index is 11.6. The lowest BCUT2D eigenvalue weighted by molar-refractivity contribution is -0.142. The van der Waals surface area contributed by atoms with Gasteiger partial charge in [0.1, 0.15) is 0 Å². The molecule has 0 saturated carbocycles. The molecule has 0 bridgehead atoms. The van der Waals surface area contributed by atoms with Crippen LogP contribution in [0.5, 0.6) is 0 Å². The molecular formula is C36H72O3S. The fourth-order valence-corrected chi connectivity index (χ4v) is 6.54. The summed E-state index contributed by atoms with van der Waals surface area (Å²) in [5.74, 6) is 0.713. The normalized spacial score (nSPS) is 12.2. The van der Waals surface area contributed by atoms with Crippen LogP contribution in [0.3, 0.4) is 0 Å². The number of carboxylic acids is 1. The van der Waals surface area contributed by atoms with Crippen molar-refractivity contribution in [2.75, 3.05) is 24.7 Å². The quantitative estimate of drug-likeness (QED) is 0.0752. The van der Waals surface area contributed by atoms with Crippen molar-refractivity contribution in [1.29, 1.82) is 0 Å². The first kappa shape index (κ1) is 39.8. The van der Waals surface area contributed by atoms with Crippen LogP contribution in [0.4, 0.5) is 0 Å². The lowest BCUT2D eigenvalue weighted by Crippen LogP contribution is -2.22. The molecule has 0 heterocycles. The van der Waals surface area contributed by atoms with Gasteiger partial charge in [0, 0.05) is 12.4 Å². The van der Waals surface area contributed by atoms with Gasteiger partial charge in [-0.25, -0.2) is 0 Å². The molecule has 0 aromatic carbocycles. The highest BCUT2D eigenvalue weighted by Crippen LogP contribution is 2.17. The maximum Gasteiger partial charge on any atom is 0.309 e. The Bertz CT molecular complexity index is 449. The summed E-state index contributed by atoms with van der Waals surface area (Å²) in [6.07, 6.45) is 38.3. The average Bonchev–Trinajstić information content (AvgIpc) is 2.95. The van der Waals surface area contributed by atoms with Gasteiger partial charge in [0.15, 0.2) is 0 Å². The first-order valence-corrected chi connectivity index (χ1v) is 19.3. The Morgan fingerprint density at radius 3 is 1.20 bits per heavy atom. The second-order valence-electron chi connectivity index (χ2n) is 12.4. The summed E-state index contributed by atoms with van der Waals surface area (Å²) in [5, 5.41) is 9.53. The smallest absolute Gasteiger partial charge is 0.309 e. The van der Waals surface area contributed by atoms with Crippen molar-refractivity contribution in [3.63, 3.8) is 0 Å². The van der Waals surface area contributed by atoms with Gasteiger partial charge in [0.25, 0.3) is 0 Å². The minimum Gasteiger partial charge on any atom is -0.481 e. The molecule has 1 unspecified atom stereocenters. The van der Waals surface area contributed by atoms with Crippen LogP contribution >= 0.6 is 11.8 Å². The van der Waals surface area contributed by atoms with E-state index in [2.05, 4.69) is 13.8 Å². The van der Waals surface area contributed by atoms with Crippen LogP contribution in [0.15, 0.2) is 0 Å². The highest BCUT2D eigenvalue weighted by molar-refractivity contribution is 7.99. The predicted molar refractivity (Wildman–Crippen MR) is 180 cm³/mol. The molecule has 0 radical (unpaired) electrons. The fourth-order valence-electron chi connectivity index (χ4n) is 5.44. The summed E-state index contributed by atoms with van der Waals surface area (Å²) < 4.78 is 5.75. The van der Waals surface area contributed by atoms with Crippen molar-refractivity contribution >= 4 is 17.7 Å². The van der Waals surface area contributed by atoms with Crippen molar-refractivity contribution in [2.24, 2.45) is 5.92 Å². The van der Waals surface area contributed by atoms with Gasteiger partial charge in [-0.15, -0.1) is 0 Å². The number of thioether (sulfide) groups is 1. The van der Waals surface area contributed by atoms with E-state index in [1.807, 2.05) is 0 Å². The van der Waals surface area contributed by atoms with Crippen molar-refractivity contribution in [1.82, 2.24) is 0 Å². The minimum atomic E-state index is -0.700. The summed E-state index contributed by atoms with van der Waals surface area (Å²) in [7, 11) is 0. The first-order valence-electron chi connectivity index (χ1n) is 18.1. The van der Waals surface area contributed by atoms with Gasteiger partial charge >= 0.3 is 5.97 Å². The average molecular weight is 585 g/mol. The van der Waals surface area contributed by atoms with Crippen molar-refractivity contribution in [3.8, 4) is 0 Å². The number of rotatable bonds is 35. The Morgan fingerprint density at radius 1 is 0.525 bits per heavy atom. The topological polar surface area (TPSA) is 46.5 Å². The molecule has 40 heavy (non-hydrogen) atoms. The number of carboxylic acid groups (broad SMARTS) is 1. The van der Waals surface area contributed by atoms with Gasteiger partial charge in [0.2, 0.25) is 0 Å². The monoisotopic (exact) mass is 585 g/mol. The molecule has 3 nitrogen and oxygen atoms in total. The number of aliphatic carboxylic acids is 1. The van der Waals surface area contributed by atoms with E-state index in [1.165, 1.54) is 173 Å². The molecule has 0 aromatic rings. The Morgan fingerprint density at radius 2 is 0.850 bits per heavy atom. The predicted octanol–water partition coefficient (Wildman–Crippen LogP) is 12.4. The maximum absolute atomic E-state index is 11.6. The molecule has 0 fully saturated rings. The lowest BCUT2D eigenvalue weighted by atomic mass is 10.0. The zero-order valence-electron chi connectivity index (χ0n) is 27.4. The molecule has 0 amide bonds. The summed E-state index contributed by atoms with van der Waals surface area (Å²) in [4.78, 5) is 11.6. The van der Waals surface area contributed by atoms with Crippen LogP contribution in [-0.2, 0) is 9.53 Å². The second kappa shape index (κ2) is 35.0. The molecule has 0 spiro atoms. The van der Waals surface area contributed by atoms with E-state index < -0.39 is 5.97 Å². The Balaban J connectivity index is 3.37. The van der Waals surface area contributed by atoms with Gasteiger partial charge in [-0.05, 0) is 18.6 Å². The number of ether oxygens (including phenoxy) is 1. The first-order chi connectivity index (χ1) is 19.7. The Labute approximate surface area is 256 Å². The van der Waals surface area contributed by atoms with E-state index in [4.69, 9.17) is 4.74 Å². The van der Waals surface area contributed by atoms with E-state index >= 15 is 0 Å². The van der Waals surface area contributed by atoms with Gasteiger partial charge in [-0.1, -0.05) is 181 Å². The van der Waals surface area contributed by atoms with E-state index in [-0.39, 0.29) is 5.92 Å². The Kier molecular flexibility index (Phi) is 34.8. The molecule has 0 aliphatic rings. The van der Waals surface area contributed by atoms with E-state index in [0.717, 1.165) is 12.2 Å². The number of carbonyl (C=O) groups is 1. The van der Waals surface area contributed by atoms with Crippen LogP contribution in [-0.4, -0.2) is 35.8 Å². The van der Waals surface area contributed by atoms with Crippen molar-refractivity contribution in [3.05, 3.63) is 0 Å². The van der Waals surface area contributed by atoms with Gasteiger partial charge in [0.05, 0.1) is 12.5 Å². The molecule has 0 aliphatic carbocycles. The van der Waals surface area contributed by atoms with E-state index in [0.29, 0.717) is 19.0 Å². The molecule has 0 aromatic heterocycles. The summed E-state index contributed by atoms with van der Waals surface area (Å²) in [6.45, 7) is 5.65. The van der Waals surface area contributed by atoms with Crippen LogP contribution in [0.2, 0.25) is 0 Å². The van der Waals surface area contributed by atoms with Crippen LogP contribution in [0.25, 0.3) is 0 Å². The molecule has 1 N–H and O–H groups in total. The molecule has 0 aliphatic heterocycles. The minimum absolute atomic E-state index is 0.358. The molecule has 1 atom stereocenters. The molecule has 0 saturated heterocycles. The third kappa shape index (κ3) is 32.3. The largest absolute Gasteiger partial charge is 0.481 e. The lowest BCUT2D eigenvalue weighted by Gasteiger charge is -2.12. The Hall–Kier alpha value is -0.220. The van der Waals surface area contributed by atoms with Crippen molar-refractivity contribution in [2.45, 2.75) is 194 Å². The molecule has 0 rings (SSSR count). The van der Waals surface area contributed by atoms with Crippen LogP contribution < -0.4 is 0 Å². The molecular weight excluding hydrogens is 512 g/mol. The van der Waals surface area contributed by atoms with Gasteiger partial charge < -0.3 is 9.84 Å². The van der Waals surface area contributed by atoms with Crippen molar-refractivity contribution < 1.29 is 14.6 Å². The summed E-state index contributed by atoms with van der Waals surface area (Å²) >= 11 is 1.80. The molecule has 4 heteroatoms. The highest BCUT2D eigenvalue weighted by atomic mass is 32.2. The zero-order valence-corrected chi connectivity index (χ0v) is 28.2. The third-order valence-electron chi connectivity index (χ3n) is 8.27. The highest BCUT2D eigenvalue weighted by Gasteiger charge is 2.17. The standard InChI is InChI=1S/C36H72O3S/c1-3-5-7-9-11-13-15-17-19-21-23-25-27-29-31-39-33-35(36(37)38)34-40-32-30-28-26-24-22-20-18-16-14-12-10-8-6-4-2/h35H,3-34H2,1-2H3,(H,37,38). The summed E-state index contributed by atoms with van der Waals surface area (Å²) in [6, 6.07) is 0. The number of unbranched alkanes of at least 4 members (excludes halogenated alkanes) is 26. The number of hydrogen-bond donors (Lipinski definition) is 1.